The van der Waals surface area contributed by atoms with Crippen LogP contribution in [-0.4, -0.2) is 38.9 Å². The van der Waals surface area contributed by atoms with Crippen molar-refractivity contribution in [1.82, 2.24) is 20.2 Å². The number of amides is 1. The number of carbonyl (C=O) groups is 1. The van der Waals surface area contributed by atoms with Gasteiger partial charge in [0.2, 0.25) is 11.8 Å². The first-order valence-electron chi connectivity index (χ1n) is 9.02. The summed E-state index contributed by atoms with van der Waals surface area (Å²) in [7, 11) is 1.60. The summed E-state index contributed by atoms with van der Waals surface area (Å²) in [6.45, 7) is 0. The van der Waals surface area contributed by atoms with Crippen molar-refractivity contribution in [2.75, 3.05) is 18.2 Å². The van der Waals surface area contributed by atoms with Crippen molar-refractivity contribution in [2.45, 2.75) is 18.1 Å². The van der Waals surface area contributed by atoms with Gasteiger partial charge in [-0.2, -0.15) is 0 Å². The Bertz CT molecular complexity index is 1070. The number of para-hydroxylation sites is 2. The van der Waals surface area contributed by atoms with Crippen molar-refractivity contribution in [3.05, 3.63) is 60.2 Å². The number of anilines is 1. The van der Waals surface area contributed by atoms with E-state index in [1.807, 2.05) is 24.3 Å². The minimum atomic E-state index is -0.151. The van der Waals surface area contributed by atoms with E-state index in [4.69, 9.17) is 9.15 Å². The van der Waals surface area contributed by atoms with Gasteiger partial charge in [-0.3, -0.25) is 4.79 Å². The maximum Gasteiger partial charge on any atom is 0.277 e. The number of nitrogens with one attached hydrogen (secondary N) is 2. The molecule has 4 rings (SSSR count). The van der Waals surface area contributed by atoms with Crippen LogP contribution in [0.5, 0.6) is 5.75 Å². The van der Waals surface area contributed by atoms with Crippen LogP contribution in [0.25, 0.3) is 11.0 Å². The van der Waals surface area contributed by atoms with E-state index in [0.29, 0.717) is 29.6 Å². The zero-order valence-corrected chi connectivity index (χ0v) is 16.5. The van der Waals surface area contributed by atoms with E-state index < -0.39 is 0 Å². The van der Waals surface area contributed by atoms with E-state index in [2.05, 4.69) is 25.5 Å². The predicted octanol–water partition coefficient (Wildman–Crippen LogP) is 3.47. The third-order valence-corrected chi connectivity index (χ3v) is 4.98. The molecule has 0 atom stereocenters. The fraction of sp³-hybridized carbons (Fsp3) is 0.200. The highest BCUT2D eigenvalue weighted by Crippen LogP contribution is 2.19. The largest absolute Gasteiger partial charge is 0.497 e. The monoisotopic (exact) mass is 409 g/mol. The summed E-state index contributed by atoms with van der Waals surface area (Å²) in [5, 5.41) is 11.2. The molecule has 1 amide bonds. The lowest BCUT2D eigenvalue weighted by Gasteiger charge is -2.05. The van der Waals surface area contributed by atoms with Crippen molar-refractivity contribution < 1.29 is 13.9 Å². The lowest BCUT2D eigenvalue weighted by Crippen LogP contribution is -2.13. The number of thioether (sulfide) groups is 1. The molecular formula is C20H19N5O3S. The molecule has 0 unspecified atom stereocenters. The number of imidazole rings is 1. The van der Waals surface area contributed by atoms with Gasteiger partial charge in [-0.1, -0.05) is 23.9 Å². The minimum absolute atomic E-state index is 0.151. The van der Waals surface area contributed by atoms with E-state index in [0.717, 1.165) is 22.6 Å². The normalized spacial score (nSPS) is 10.9. The van der Waals surface area contributed by atoms with Crippen LogP contribution in [0.3, 0.4) is 0 Å². The summed E-state index contributed by atoms with van der Waals surface area (Å²) in [4.78, 5) is 19.9. The van der Waals surface area contributed by atoms with Crippen LogP contribution in [0.1, 0.15) is 11.7 Å². The number of methoxy groups -OCH3 is 1. The number of hydrogen-bond acceptors (Lipinski definition) is 7. The second-order valence-electron chi connectivity index (χ2n) is 6.23. The summed E-state index contributed by atoms with van der Waals surface area (Å²) in [5.74, 6) is 2.15. The molecule has 148 valence electrons. The van der Waals surface area contributed by atoms with Crippen LogP contribution >= 0.6 is 11.8 Å². The highest BCUT2D eigenvalue weighted by atomic mass is 32.2. The molecule has 0 fully saturated rings. The van der Waals surface area contributed by atoms with Gasteiger partial charge in [0.1, 0.15) is 11.6 Å². The molecule has 9 heteroatoms. The van der Waals surface area contributed by atoms with Crippen molar-refractivity contribution in [3.8, 4) is 5.75 Å². The molecule has 29 heavy (non-hydrogen) atoms. The third kappa shape index (κ3) is 4.94. The Balaban J connectivity index is 1.25. The summed E-state index contributed by atoms with van der Waals surface area (Å²) >= 11 is 1.20. The number of aryl methyl sites for hydroxylation is 2. The molecule has 2 aromatic carbocycles. The molecule has 8 nitrogen and oxygen atoms in total. The lowest BCUT2D eigenvalue weighted by atomic mass is 10.3. The standard InChI is InChI=1S/C20H19N5O3S/c1-27-14-8-6-13(7-9-14)21-18(26)12-29-20-25-24-19(28-20)11-10-17-22-15-4-2-3-5-16(15)23-17/h2-9H,10-12H2,1H3,(H,21,26)(H,22,23). The maximum atomic E-state index is 12.1. The van der Waals surface area contributed by atoms with Gasteiger partial charge in [0.05, 0.1) is 23.9 Å². The quantitative estimate of drug-likeness (QED) is 0.429. The average molecular weight is 409 g/mol. The van der Waals surface area contributed by atoms with Crippen LogP contribution in [-0.2, 0) is 17.6 Å². The number of rotatable bonds is 8. The number of hydrogen-bond donors (Lipinski definition) is 2. The lowest BCUT2D eigenvalue weighted by molar-refractivity contribution is -0.113. The van der Waals surface area contributed by atoms with Crippen LogP contribution in [0, 0.1) is 0 Å². The van der Waals surface area contributed by atoms with E-state index in [-0.39, 0.29) is 11.7 Å². The van der Waals surface area contributed by atoms with Gasteiger partial charge in [0, 0.05) is 18.5 Å². The molecule has 0 spiro atoms. The number of fused-ring (bicyclic) bond motifs is 1. The van der Waals surface area contributed by atoms with Crippen molar-refractivity contribution in [3.63, 3.8) is 0 Å². The second-order valence-corrected chi connectivity index (χ2v) is 7.15. The Morgan fingerprint density at radius 2 is 1.97 bits per heavy atom. The Morgan fingerprint density at radius 1 is 1.14 bits per heavy atom. The minimum Gasteiger partial charge on any atom is -0.497 e. The number of carbonyl (C=O) groups excluding carboxylic acids is 1. The van der Waals surface area contributed by atoms with Crippen LogP contribution in [0.4, 0.5) is 5.69 Å². The molecule has 0 aliphatic carbocycles. The molecule has 0 radical (unpaired) electrons. The van der Waals surface area contributed by atoms with Gasteiger partial charge >= 0.3 is 0 Å². The van der Waals surface area contributed by atoms with Gasteiger partial charge in [-0.05, 0) is 36.4 Å². The smallest absolute Gasteiger partial charge is 0.277 e. The zero-order chi connectivity index (χ0) is 20.1. The van der Waals surface area contributed by atoms with E-state index in [9.17, 15) is 4.79 Å². The Morgan fingerprint density at radius 3 is 2.76 bits per heavy atom. The van der Waals surface area contributed by atoms with Crippen molar-refractivity contribution in [2.24, 2.45) is 0 Å². The summed E-state index contributed by atoms with van der Waals surface area (Å²) in [5.41, 5.74) is 2.65. The molecule has 0 saturated heterocycles. The summed E-state index contributed by atoms with van der Waals surface area (Å²) < 4.78 is 10.7. The summed E-state index contributed by atoms with van der Waals surface area (Å²) in [6.07, 6.45) is 1.24. The van der Waals surface area contributed by atoms with Gasteiger partial charge in [0.25, 0.3) is 5.22 Å². The molecule has 0 aliphatic heterocycles. The second kappa shape index (κ2) is 8.78. The first-order valence-corrected chi connectivity index (χ1v) is 10.0. The number of nitrogens with zero attached hydrogens (tertiary/aromatic N) is 3. The molecule has 2 N–H and O–H groups in total. The van der Waals surface area contributed by atoms with Gasteiger partial charge in [0.15, 0.2) is 0 Å². The molecule has 2 aromatic heterocycles. The first kappa shape index (κ1) is 19.0. The topological polar surface area (TPSA) is 106 Å². The van der Waals surface area contributed by atoms with E-state index in [1.165, 1.54) is 11.8 Å². The highest BCUT2D eigenvalue weighted by molar-refractivity contribution is 7.99. The Labute approximate surface area is 171 Å². The molecule has 4 aromatic rings. The first-order chi connectivity index (χ1) is 14.2. The fourth-order valence-corrected chi connectivity index (χ4v) is 3.33. The zero-order valence-electron chi connectivity index (χ0n) is 15.7. The van der Waals surface area contributed by atoms with Crippen LogP contribution in [0.15, 0.2) is 58.2 Å². The molecule has 0 aliphatic rings. The van der Waals surface area contributed by atoms with Crippen molar-refractivity contribution >= 4 is 34.4 Å². The number of ether oxygens (including phenoxy) is 1. The average Bonchev–Trinajstić information content (AvgIpc) is 3.37. The molecule has 2 heterocycles. The maximum absolute atomic E-state index is 12.1. The van der Waals surface area contributed by atoms with E-state index in [1.54, 1.807) is 31.4 Å². The van der Waals surface area contributed by atoms with Crippen LogP contribution < -0.4 is 10.1 Å². The molecule has 0 saturated carbocycles. The molecule has 0 bridgehead atoms. The third-order valence-electron chi connectivity index (χ3n) is 4.16. The fourth-order valence-electron chi connectivity index (χ4n) is 2.75. The van der Waals surface area contributed by atoms with Gasteiger partial charge < -0.3 is 19.5 Å². The van der Waals surface area contributed by atoms with Crippen molar-refractivity contribution in [1.29, 1.82) is 0 Å². The number of aromatic nitrogens is 4. The van der Waals surface area contributed by atoms with E-state index >= 15 is 0 Å². The van der Waals surface area contributed by atoms with Gasteiger partial charge in [-0.15, -0.1) is 10.2 Å². The predicted molar refractivity (Wildman–Crippen MR) is 110 cm³/mol. The number of aromatic amines is 1. The Kier molecular flexibility index (Phi) is 5.76. The molecular weight excluding hydrogens is 390 g/mol. The van der Waals surface area contributed by atoms with Gasteiger partial charge in [-0.25, -0.2) is 4.98 Å². The SMILES string of the molecule is COc1ccc(NC(=O)CSc2nnc(CCc3nc4ccccc4[nH]3)o2)cc1. The number of benzene rings is 2. The number of H-pyrrole nitrogens is 1. The Hall–Kier alpha value is -3.33. The highest BCUT2D eigenvalue weighted by Gasteiger charge is 2.11. The summed E-state index contributed by atoms with van der Waals surface area (Å²) in [6, 6.07) is 15.0. The van der Waals surface area contributed by atoms with Crippen LogP contribution in [0.2, 0.25) is 0 Å².